The highest BCUT2D eigenvalue weighted by Gasteiger charge is 2.35. The summed E-state index contributed by atoms with van der Waals surface area (Å²) in [5, 5.41) is 0.377. The molecule has 0 bridgehead atoms. The lowest BCUT2D eigenvalue weighted by atomic mass is 9.95. The quantitative estimate of drug-likeness (QED) is 0.408. The first-order valence-electron chi connectivity index (χ1n) is 11.2. The van der Waals surface area contributed by atoms with Gasteiger partial charge >= 0.3 is 12.6 Å². The third-order valence-electron chi connectivity index (χ3n) is 5.49. The van der Waals surface area contributed by atoms with Crippen molar-refractivity contribution in [3.05, 3.63) is 89.6 Å². The van der Waals surface area contributed by atoms with E-state index in [1.807, 2.05) is 0 Å². The molecule has 7 nitrogen and oxygen atoms in total. The van der Waals surface area contributed by atoms with Gasteiger partial charge in [-0.05, 0) is 51.1 Å². The van der Waals surface area contributed by atoms with Gasteiger partial charge < -0.3 is 14.2 Å². The van der Waals surface area contributed by atoms with E-state index in [-0.39, 0.29) is 15.9 Å². The van der Waals surface area contributed by atoms with Crippen molar-refractivity contribution >= 4 is 35.0 Å². The SMILES string of the molecule is COc1ccc(Cl)cc1[C@@H]1C(C(=O)OC(C)C)=C(C)N=c2s/c(=C\c3ccccc3OC(F)F)c(=O)n21. The highest BCUT2D eigenvalue weighted by Crippen LogP contribution is 2.37. The molecule has 0 amide bonds. The fourth-order valence-corrected chi connectivity index (χ4v) is 5.24. The number of aromatic nitrogens is 1. The summed E-state index contributed by atoms with van der Waals surface area (Å²) < 4.78 is 43.0. The van der Waals surface area contributed by atoms with E-state index < -0.39 is 30.3 Å². The van der Waals surface area contributed by atoms with E-state index in [2.05, 4.69) is 9.73 Å². The molecule has 0 fully saturated rings. The number of thiazole rings is 1. The fraction of sp³-hybridized carbons (Fsp3) is 0.269. The fourth-order valence-electron chi connectivity index (χ4n) is 4.02. The molecule has 0 spiro atoms. The molecule has 0 radical (unpaired) electrons. The van der Waals surface area contributed by atoms with Crippen LogP contribution >= 0.6 is 22.9 Å². The number of carbonyl (C=O) groups excluding carboxylic acids is 1. The average molecular weight is 549 g/mol. The van der Waals surface area contributed by atoms with Gasteiger partial charge in [0.15, 0.2) is 4.80 Å². The van der Waals surface area contributed by atoms with Gasteiger partial charge in [0.1, 0.15) is 17.5 Å². The summed E-state index contributed by atoms with van der Waals surface area (Å²) in [5.74, 6) is -0.300. The number of halogens is 3. The van der Waals surface area contributed by atoms with E-state index in [1.54, 1.807) is 57.2 Å². The average Bonchev–Trinajstić information content (AvgIpc) is 3.13. The number of allylic oxidation sites excluding steroid dienone is 1. The first kappa shape index (κ1) is 26.6. The van der Waals surface area contributed by atoms with Crippen molar-refractivity contribution in [2.24, 2.45) is 4.99 Å². The Balaban J connectivity index is 1.99. The largest absolute Gasteiger partial charge is 0.496 e. The lowest BCUT2D eigenvalue weighted by Gasteiger charge is -2.26. The molecule has 0 aliphatic carbocycles. The smallest absolute Gasteiger partial charge is 0.387 e. The van der Waals surface area contributed by atoms with Gasteiger partial charge in [-0.15, -0.1) is 0 Å². The Hall–Kier alpha value is -3.50. The van der Waals surface area contributed by atoms with Crippen LogP contribution in [0.3, 0.4) is 0 Å². The maximum absolute atomic E-state index is 13.8. The number of fused-ring (bicyclic) bond motifs is 1. The second-order valence-corrected chi connectivity index (χ2v) is 9.78. The maximum Gasteiger partial charge on any atom is 0.387 e. The van der Waals surface area contributed by atoms with Crippen molar-refractivity contribution in [1.82, 2.24) is 4.57 Å². The van der Waals surface area contributed by atoms with Crippen LogP contribution < -0.4 is 24.4 Å². The molecule has 1 aliphatic rings. The summed E-state index contributed by atoms with van der Waals surface area (Å²) in [4.78, 5) is 31.8. The Morgan fingerprint density at radius 2 is 1.92 bits per heavy atom. The number of ether oxygens (including phenoxy) is 3. The molecular formula is C26H23ClF2N2O5S. The molecule has 11 heteroatoms. The summed E-state index contributed by atoms with van der Waals surface area (Å²) in [5.41, 5.74) is 0.806. The number of para-hydroxylation sites is 1. The third-order valence-corrected chi connectivity index (χ3v) is 6.71. The zero-order chi connectivity index (χ0) is 26.9. The van der Waals surface area contributed by atoms with Gasteiger partial charge in [-0.25, -0.2) is 9.79 Å². The van der Waals surface area contributed by atoms with Gasteiger partial charge in [0.05, 0.1) is 29.0 Å². The van der Waals surface area contributed by atoms with E-state index in [0.29, 0.717) is 32.4 Å². The van der Waals surface area contributed by atoms with Crippen molar-refractivity contribution in [1.29, 1.82) is 0 Å². The van der Waals surface area contributed by atoms with Gasteiger partial charge in [-0.2, -0.15) is 8.78 Å². The molecule has 0 saturated carbocycles. The van der Waals surface area contributed by atoms with Crippen LogP contribution in [0.25, 0.3) is 6.08 Å². The van der Waals surface area contributed by atoms with Gasteiger partial charge in [-0.1, -0.05) is 41.1 Å². The molecule has 1 aliphatic heterocycles. The second kappa shape index (κ2) is 10.9. The van der Waals surface area contributed by atoms with E-state index in [4.69, 9.17) is 21.1 Å². The van der Waals surface area contributed by atoms with Crippen LogP contribution in [0.1, 0.15) is 37.9 Å². The Morgan fingerprint density at radius 1 is 1.19 bits per heavy atom. The molecular weight excluding hydrogens is 526 g/mol. The van der Waals surface area contributed by atoms with Crippen molar-refractivity contribution < 1.29 is 27.8 Å². The number of esters is 1. The molecule has 2 aromatic carbocycles. The van der Waals surface area contributed by atoms with Gasteiger partial charge in [0, 0.05) is 16.1 Å². The molecule has 0 N–H and O–H groups in total. The van der Waals surface area contributed by atoms with Crippen LogP contribution in [-0.4, -0.2) is 30.4 Å². The first-order valence-corrected chi connectivity index (χ1v) is 12.4. The Kier molecular flexibility index (Phi) is 7.79. The van der Waals surface area contributed by atoms with Crippen LogP contribution in [0.15, 0.2) is 63.5 Å². The standard InChI is InChI=1S/C26H23ClF2N2O5S/c1-13(2)35-24(33)21-14(3)30-26-31(22(21)17-12-16(27)9-10-19(17)34-4)23(32)20(37-26)11-15-7-5-6-8-18(15)36-25(28)29/h5-13,22,25H,1-4H3/b20-11-/t22-/m1/s1. The lowest BCUT2D eigenvalue weighted by Crippen LogP contribution is -2.40. The highest BCUT2D eigenvalue weighted by molar-refractivity contribution is 7.07. The Morgan fingerprint density at radius 3 is 2.59 bits per heavy atom. The zero-order valence-corrected chi connectivity index (χ0v) is 21.9. The number of carbonyl (C=O) groups is 1. The number of methoxy groups -OCH3 is 1. The molecule has 1 atom stereocenters. The third kappa shape index (κ3) is 5.45. The first-order chi connectivity index (χ1) is 17.6. The minimum absolute atomic E-state index is 0.0752. The number of nitrogens with zero attached hydrogens (tertiary/aromatic N) is 2. The van der Waals surface area contributed by atoms with Gasteiger partial charge in [-0.3, -0.25) is 9.36 Å². The van der Waals surface area contributed by atoms with E-state index in [9.17, 15) is 18.4 Å². The van der Waals surface area contributed by atoms with E-state index in [1.165, 1.54) is 23.8 Å². The summed E-state index contributed by atoms with van der Waals surface area (Å²) in [7, 11) is 1.47. The molecule has 194 valence electrons. The predicted octanol–water partition coefficient (Wildman–Crippen LogP) is 4.45. The number of hydrogen-bond donors (Lipinski definition) is 0. The lowest BCUT2D eigenvalue weighted by molar-refractivity contribution is -0.143. The van der Waals surface area contributed by atoms with Gasteiger partial charge in [0.25, 0.3) is 5.56 Å². The molecule has 37 heavy (non-hydrogen) atoms. The minimum atomic E-state index is -3.02. The van der Waals surface area contributed by atoms with Crippen molar-refractivity contribution in [2.75, 3.05) is 7.11 Å². The number of rotatable bonds is 7. The summed E-state index contributed by atoms with van der Waals surface area (Å²) in [6, 6.07) is 10.1. The van der Waals surface area contributed by atoms with Crippen molar-refractivity contribution in [2.45, 2.75) is 39.5 Å². The van der Waals surface area contributed by atoms with Crippen molar-refractivity contribution in [3.8, 4) is 11.5 Å². The molecule has 0 unspecified atom stereocenters. The normalized spacial score (nSPS) is 15.6. The van der Waals surface area contributed by atoms with E-state index in [0.717, 1.165) is 11.3 Å². The molecule has 0 saturated heterocycles. The summed E-state index contributed by atoms with van der Waals surface area (Å²) in [6.07, 6.45) is 1.05. The predicted molar refractivity (Wildman–Crippen MR) is 136 cm³/mol. The second-order valence-electron chi connectivity index (χ2n) is 8.34. The summed E-state index contributed by atoms with van der Waals surface area (Å²) in [6.45, 7) is 2.07. The Bertz CT molecular complexity index is 1560. The van der Waals surface area contributed by atoms with Crippen LogP contribution in [0, 0.1) is 0 Å². The minimum Gasteiger partial charge on any atom is -0.496 e. The topological polar surface area (TPSA) is 79.1 Å². The Labute approximate surface area is 219 Å². The molecule has 3 aromatic rings. The maximum atomic E-state index is 13.8. The molecule has 1 aromatic heterocycles. The van der Waals surface area contributed by atoms with E-state index >= 15 is 0 Å². The number of alkyl halides is 2. The van der Waals surface area contributed by atoms with Crippen LogP contribution in [0.5, 0.6) is 11.5 Å². The summed E-state index contributed by atoms with van der Waals surface area (Å²) >= 11 is 7.36. The van der Waals surface area contributed by atoms with Crippen LogP contribution in [0.4, 0.5) is 8.78 Å². The van der Waals surface area contributed by atoms with Crippen molar-refractivity contribution in [3.63, 3.8) is 0 Å². The highest BCUT2D eigenvalue weighted by atomic mass is 35.5. The zero-order valence-electron chi connectivity index (χ0n) is 20.3. The molecule has 4 rings (SSSR count). The number of benzene rings is 2. The molecule has 2 heterocycles. The monoisotopic (exact) mass is 548 g/mol. The van der Waals surface area contributed by atoms with Crippen LogP contribution in [-0.2, 0) is 9.53 Å². The number of hydrogen-bond acceptors (Lipinski definition) is 7. The van der Waals surface area contributed by atoms with Crippen LogP contribution in [0.2, 0.25) is 5.02 Å². The van der Waals surface area contributed by atoms with Gasteiger partial charge in [0.2, 0.25) is 0 Å².